The van der Waals surface area contributed by atoms with Crippen LogP contribution in [-0.2, 0) is 4.79 Å². The number of nitrogens with zero attached hydrogens (tertiary/aromatic N) is 2. The van der Waals surface area contributed by atoms with Crippen molar-refractivity contribution in [2.75, 3.05) is 0 Å². The molecule has 0 saturated heterocycles. The first-order valence-electron chi connectivity index (χ1n) is 6.12. The lowest BCUT2D eigenvalue weighted by atomic mass is 10.2. The molecule has 1 aromatic heterocycles. The molecule has 0 bridgehead atoms. The molecular weight excluding hydrogens is 418 g/mol. The first-order valence-corrected chi connectivity index (χ1v) is 6.92. The molecule has 0 aliphatic heterocycles. The van der Waals surface area contributed by atoms with Gasteiger partial charge in [0.15, 0.2) is 5.84 Å². The minimum atomic E-state index is -5.27. The van der Waals surface area contributed by atoms with Gasteiger partial charge in [-0.15, -0.1) is 0 Å². The van der Waals surface area contributed by atoms with Crippen molar-refractivity contribution in [2.24, 2.45) is 0 Å². The third-order valence-electron chi connectivity index (χ3n) is 2.74. The van der Waals surface area contributed by atoms with Gasteiger partial charge in [-0.05, 0) is 34.1 Å². The number of carbonyl (C=O) groups is 1. The number of hydrogen-bond donors (Lipinski definition) is 3. The topological polar surface area (TPSA) is 125 Å². The highest BCUT2D eigenvalue weighted by atomic mass is 79.9. The van der Waals surface area contributed by atoms with Crippen molar-refractivity contribution in [1.29, 1.82) is 10.8 Å². The third kappa shape index (κ3) is 3.81. The number of amidine groups is 1. The number of amides is 1. The standard InChI is InChI=1S/C12H6BrF4N5O3/c13-5-3-4(1-2-6(5)14)22-9(21-25-11(22)24)7(18)8(19)20-10(23)12(15,16)17/h1-3,18H,(H2,19,20,23). The van der Waals surface area contributed by atoms with Crippen molar-refractivity contribution in [3.63, 3.8) is 0 Å². The van der Waals surface area contributed by atoms with E-state index in [2.05, 4.69) is 25.6 Å². The van der Waals surface area contributed by atoms with Gasteiger partial charge in [-0.1, -0.05) is 5.16 Å². The molecule has 132 valence electrons. The monoisotopic (exact) mass is 423 g/mol. The van der Waals surface area contributed by atoms with Crippen LogP contribution in [0.25, 0.3) is 5.69 Å². The lowest BCUT2D eigenvalue weighted by Crippen LogP contribution is -2.44. The van der Waals surface area contributed by atoms with Crippen molar-refractivity contribution in [2.45, 2.75) is 6.18 Å². The number of carbonyl (C=O) groups excluding carboxylic acids is 1. The highest BCUT2D eigenvalue weighted by Crippen LogP contribution is 2.19. The van der Waals surface area contributed by atoms with E-state index in [9.17, 15) is 27.2 Å². The zero-order valence-corrected chi connectivity index (χ0v) is 13.3. The summed E-state index contributed by atoms with van der Waals surface area (Å²) >= 11 is 2.88. The number of aromatic nitrogens is 2. The lowest BCUT2D eigenvalue weighted by molar-refractivity contribution is -0.171. The Kier molecular flexibility index (Phi) is 4.87. The second-order valence-electron chi connectivity index (χ2n) is 4.41. The molecule has 2 rings (SSSR count). The van der Waals surface area contributed by atoms with E-state index in [1.54, 1.807) is 0 Å². The molecule has 8 nitrogen and oxygen atoms in total. The molecule has 3 N–H and O–H groups in total. The fourth-order valence-corrected chi connectivity index (χ4v) is 1.99. The molecule has 1 amide bonds. The van der Waals surface area contributed by atoms with Crippen molar-refractivity contribution in [3.8, 4) is 5.69 Å². The van der Waals surface area contributed by atoms with Gasteiger partial charge >= 0.3 is 17.8 Å². The second-order valence-corrected chi connectivity index (χ2v) is 5.26. The van der Waals surface area contributed by atoms with Crippen LogP contribution in [0.4, 0.5) is 17.6 Å². The molecule has 0 aliphatic rings. The molecule has 2 aromatic rings. The van der Waals surface area contributed by atoms with Gasteiger partial charge in [-0.25, -0.2) is 13.8 Å². The molecule has 0 radical (unpaired) electrons. The smallest absolute Gasteiger partial charge is 0.301 e. The van der Waals surface area contributed by atoms with Crippen LogP contribution in [0.1, 0.15) is 5.82 Å². The highest BCUT2D eigenvalue weighted by Gasteiger charge is 2.40. The Bertz CT molecular complexity index is 934. The molecule has 25 heavy (non-hydrogen) atoms. The summed E-state index contributed by atoms with van der Waals surface area (Å²) < 4.78 is 54.8. The Balaban J connectivity index is 2.39. The van der Waals surface area contributed by atoms with Gasteiger partial charge in [0.1, 0.15) is 11.5 Å². The van der Waals surface area contributed by atoms with Crippen molar-refractivity contribution < 1.29 is 26.9 Å². The molecule has 0 saturated carbocycles. The largest absolute Gasteiger partial charge is 0.471 e. The van der Waals surface area contributed by atoms with E-state index < -0.39 is 41.0 Å². The number of nitrogens with one attached hydrogen (secondary N) is 3. The van der Waals surface area contributed by atoms with E-state index in [-0.39, 0.29) is 10.2 Å². The summed E-state index contributed by atoms with van der Waals surface area (Å²) in [6.45, 7) is 0. The molecular formula is C12H6BrF4N5O3. The third-order valence-corrected chi connectivity index (χ3v) is 3.34. The summed E-state index contributed by atoms with van der Waals surface area (Å²) in [4.78, 5) is 22.6. The highest BCUT2D eigenvalue weighted by molar-refractivity contribution is 9.10. The summed E-state index contributed by atoms with van der Waals surface area (Å²) in [6, 6.07) is 3.22. The van der Waals surface area contributed by atoms with E-state index in [0.717, 1.165) is 23.5 Å². The summed E-state index contributed by atoms with van der Waals surface area (Å²) in [5.74, 6) is -6.17. The van der Waals surface area contributed by atoms with Crippen LogP contribution in [0.5, 0.6) is 0 Å². The van der Waals surface area contributed by atoms with Gasteiger partial charge in [-0.2, -0.15) is 13.2 Å². The van der Waals surface area contributed by atoms with E-state index in [4.69, 9.17) is 10.8 Å². The quantitative estimate of drug-likeness (QED) is 0.395. The molecule has 0 spiro atoms. The number of alkyl halides is 3. The number of halogens is 5. The molecule has 1 heterocycles. The van der Waals surface area contributed by atoms with Crippen LogP contribution in [0.15, 0.2) is 32.0 Å². The van der Waals surface area contributed by atoms with Crippen LogP contribution in [0, 0.1) is 16.6 Å². The van der Waals surface area contributed by atoms with Gasteiger partial charge in [0.05, 0.1) is 10.2 Å². The summed E-state index contributed by atoms with van der Waals surface area (Å²) in [5, 5.41) is 19.4. The summed E-state index contributed by atoms with van der Waals surface area (Å²) in [5.41, 5.74) is -1.06. The maximum absolute atomic E-state index is 13.3. The first kappa shape index (κ1) is 18.5. The maximum atomic E-state index is 13.3. The average Bonchev–Trinajstić information content (AvgIpc) is 2.90. The maximum Gasteiger partial charge on any atom is 0.471 e. The van der Waals surface area contributed by atoms with Gasteiger partial charge in [0.25, 0.3) is 0 Å². The van der Waals surface area contributed by atoms with Crippen LogP contribution in [0.3, 0.4) is 0 Å². The van der Waals surface area contributed by atoms with Crippen molar-refractivity contribution in [3.05, 3.63) is 44.9 Å². The van der Waals surface area contributed by atoms with Gasteiger partial charge in [0, 0.05) is 0 Å². The molecule has 0 unspecified atom stereocenters. The van der Waals surface area contributed by atoms with Crippen LogP contribution < -0.4 is 11.1 Å². The second kappa shape index (κ2) is 6.58. The van der Waals surface area contributed by atoms with Gasteiger partial charge in [-0.3, -0.25) is 20.1 Å². The average molecular weight is 424 g/mol. The number of rotatable bonds is 3. The summed E-state index contributed by atoms with van der Waals surface area (Å²) in [6.07, 6.45) is -5.27. The SMILES string of the molecule is N=C(NC(=O)C(F)(F)F)C(=N)c1noc(=O)n1-c1ccc(F)c(Br)c1. The molecule has 1 aromatic carbocycles. The fraction of sp³-hybridized carbons (Fsp3) is 0.0833. The Morgan fingerprint density at radius 3 is 2.52 bits per heavy atom. The zero-order valence-electron chi connectivity index (χ0n) is 11.7. The normalized spacial score (nSPS) is 11.2. The van der Waals surface area contributed by atoms with E-state index >= 15 is 0 Å². The molecule has 13 heteroatoms. The Morgan fingerprint density at radius 2 is 1.96 bits per heavy atom. The Morgan fingerprint density at radius 1 is 1.32 bits per heavy atom. The number of benzene rings is 1. The van der Waals surface area contributed by atoms with Crippen LogP contribution in [0.2, 0.25) is 0 Å². The number of hydrogen-bond acceptors (Lipinski definition) is 6. The van der Waals surface area contributed by atoms with Crippen LogP contribution in [-0.4, -0.2) is 33.4 Å². The summed E-state index contributed by atoms with van der Waals surface area (Å²) in [7, 11) is 0. The first-order chi connectivity index (χ1) is 11.5. The lowest BCUT2D eigenvalue weighted by Gasteiger charge is -2.10. The fourth-order valence-electron chi connectivity index (χ4n) is 1.62. The van der Waals surface area contributed by atoms with Crippen molar-refractivity contribution in [1.82, 2.24) is 15.0 Å². The van der Waals surface area contributed by atoms with Crippen LogP contribution >= 0.6 is 15.9 Å². The zero-order chi connectivity index (χ0) is 18.9. The minimum Gasteiger partial charge on any atom is -0.301 e. The van der Waals surface area contributed by atoms with E-state index in [1.165, 1.54) is 0 Å². The van der Waals surface area contributed by atoms with Gasteiger partial charge < -0.3 is 5.32 Å². The molecule has 0 atom stereocenters. The van der Waals surface area contributed by atoms with Gasteiger partial charge in [0.2, 0.25) is 5.82 Å². The Labute approximate surface area is 143 Å². The predicted octanol–water partition coefficient (Wildman–Crippen LogP) is 1.75. The molecule has 0 fully saturated rings. The van der Waals surface area contributed by atoms with Crippen molar-refractivity contribution >= 4 is 33.4 Å². The van der Waals surface area contributed by atoms with E-state index in [0.29, 0.717) is 4.57 Å². The molecule has 0 aliphatic carbocycles. The predicted molar refractivity (Wildman–Crippen MR) is 78.5 cm³/mol. The Hall–Kier alpha value is -2.83. The van der Waals surface area contributed by atoms with E-state index in [1.807, 2.05) is 0 Å². The minimum absolute atomic E-state index is 0.0331.